The summed E-state index contributed by atoms with van der Waals surface area (Å²) >= 11 is 0. The van der Waals surface area contributed by atoms with Gasteiger partial charge in [-0.05, 0) is 19.1 Å². The van der Waals surface area contributed by atoms with Crippen LogP contribution in [0, 0.1) is 6.92 Å². The van der Waals surface area contributed by atoms with Gasteiger partial charge in [-0.25, -0.2) is 10.4 Å². The highest BCUT2D eigenvalue weighted by Gasteiger charge is 1.99. The molecule has 6 nitrogen and oxygen atoms in total. The number of nitrogens with zero attached hydrogens (tertiary/aromatic N) is 2. The second kappa shape index (κ2) is 7.04. The minimum Gasteiger partial charge on any atom is -0.489 e. The highest BCUT2D eigenvalue weighted by Crippen LogP contribution is 2.15. The molecule has 0 aliphatic carbocycles. The Morgan fingerprint density at radius 2 is 2.29 bits per heavy atom. The predicted octanol–water partition coefficient (Wildman–Crippen LogP) is 2.09. The highest BCUT2D eigenvalue weighted by molar-refractivity contribution is 5.83. The van der Waals surface area contributed by atoms with Crippen LogP contribution in [0.15, 0.2) is 52.9 Å². The van der Waals surface area contributed by atoms with Gasteiger partial charge in [0.05, 0.1) is 6.21 Å². The Labute approximate surface area is 122 Å². The fourth-order valence-electron chi connectivity index (χ4n) is 1.66. The maximum Gasteiger partial charge on any atom is 0.252 e. The number of aryl methyl sites for hydroxylation is 1. The van der Waals surface area contributed by atoms with Crippen LogP contribution in [0.4, 0.5) is 5.95 Å². The molecule has 1 aromatic heterocycles. The summed E-state index contributed by atoms with van der Waals surface area (Å²) in [6.45, 7) is 5.77. The first kappa shape index (κ1) is 14.5. The van der Waals surface area contributed by atoms with Gasteiger partial charge >= 0.3 is 0 Å². The summed E-state index contributed by atoms with van der Waals surface area (Å²) in [5, 5.41) is 4.05. The summed E-state index contributed by atoms with van der Waals surface area (Å²) in [5.74, 6) is 0.995. The lowest BCUT2D eigenvalue weighted by atomic mass is 10.2. The van der Waals surface area contributed by atoms with Gasteiger partial charge in [-0.3, -0.25) is 9.78 Å². The molecule has 0 radical (unpaired) electrons. The molecule has 0 saturated carbocycles. The van der Waals surface area contributed by atoms with E-state index >= 15 is 0 Å². The Morgan fingerprint density at radius 1 is 1.48 bits per heavy atom. The second-order valence-corrected chi connectivity index (χ2v) is 4.24. The molecule has 0 amide bonds. The molecule has 1 heterocycles. The number of ether oxygens (including phenoxy) is 1. The molecule has 0 bridgehead atoms. The van der Waals surface area contributed by atoms with E-state index < -0.39 is 0 Å². The summed E-state index contributed by atoms with van der Waals surface area (Å²) in [5.41, 5.74) is 3.88. The Morgan fingerprint density at radius 3 is 3.05 bits per heavy atom. The number of H-pyrrole nitrogens is 1. The number of hydrogen-bond donors (Lipinski definition) is 2. The van der Waals surface area contributed by atoms with Crippen molar-refractivity contribution in [1.29, 1.82) is 0 Å². The second-order valence-electron chi connectivity index (χ2n) is 4.24. The molecule has 2 rings (SSSR count). The van der Waals surface area contributed by atoms with Crippen molar-refractivity contribution in [3.63, 3.8) is 0 Å². The SMILES string of the molecule is C=CCOc1ccccc1/C=N\Nc1nc(C)cc(=O)[nH]1. The number of aromatic nitrogens is 2. The van der Waals surface area contributed by atoms with Gasteiger partial charge in [-0.15, -0.1) is 0 Å². The monoisotopic (exact) mass is 284 g/mol. The van der Waals surface area contributed by atoms with Crippen molar-refractivity contribution in [1.82, 2.24) is 9.97 Å². The smallest absolute Gasteiger partial charge is 0.252 e. The van der Waals surface area contributed by atoms with E-state index in [1.54, 1.807) is 19.2 Å². The zero-order valence-corrected chi connectivity index (χ0v) is 11.7. The molecule has 0 fully saturated rings. The van der Waals surface area contributed by atoms with Crippen LogP contribution in [-0.4, -0.2) is 22.8 Å². The molecular weight excluding hydrogens is 268 g/mol. The van der Waals surface area contributed by atoms with Crippen LogP contribution in [0.3, 0.4) is 0 Å². The number of anilines is 1. The van der Waals surface area contributed by atoms with Gasteiger partial charge in [0.2, 0.25) is 5.95 Å². The third-order valence-corrected chi connectivity index (χ3v) is 2.52. The maximum atomic E-state index is 11.3. The van der Waals surface area contributed by atoms with E-state index in [2.05, 4.69) is 27.1 Å². The first-order valence-corrected chi connectivity index (χ1v) is 6.39. The number of benzene rings is 1. The predicted molar refractivity (Wildman–Crippen MR) is 82.9 cm³/mol. The van der Waals surface area contributed by atoms with Crippen LogP contribution < -0.4 is 15.7 Å². The number of nitrogens with one attached hydrogen (secondary N) is 2. The molecule has 108 valence electrons. The van der Waals surface area contributed by atoms with E-state index in [-0.39, 0.29) is 5.56 Å². The third kappa shape index (κ3) is 4.31. The van der Waals surface area contributed by atoms with E-state index in [0.29, 0.717) is 24.0 Å². The minimum atomic E-state index is -0.227. The first-order valence-electron chi connectivity index (χ1n) is 6.39. The van der Waals surface area contributed by atoms with Crippen molar-refractivity contribution in [2.24, 2.45) is 5.10 Å². The van der Waals surface area contributed by atoms with Crippen LogP contribution in [-0.2, 0) is 0 Å². The quantitative estimate of drug-likeness (QED) is 0.483. The van der Waals surface area contributed by atoms with Crippen LogP contribution in [0.5, 0.6) is 5.75 Å². The van der Waals surface area contributed by atoms with E-state index in [9.17, 15) is 4.79 Å². The van der Waals surface area contributed by atoms with Crippen molar-refractivity contribution in [3.05, 3.63) is 64.6 Å². The minimum absolute atomic E-state index is 0.227. The van der Waals surface area contributed by atoms with Gasteiger partial charge in [0, 0.05) is 17.3 Å². The largest absolute Gasteiger partial charge is 0.489 e. The van der Waals surface area contributed by atoms with Crippen LogP contribution >= 0.6 is 0 Å². The van der Waals surface area contributed by atoms with Gasteiger partial charge in [0.25, 0.3) is 5.56 Å². The first-order chi connectivity index (χ1) is 10.2. The highest BCUT2D eigenvalue weighted by atomic mass is 16.5. The number of rotatable bonds is 6. The molecule has 0 unspecified atom stereocenters. The van der Waals surface area contributed by atoms with Crippen molar-refractivity contribution in [2.75, 3.05) is 12.0 Å². The van der Waals surface area contributed by atoms with E-state index in [0.717, 1.165) is 5.56 Å². The van der Waals surface area contributed by atoms with Crippen molar-refractivity contribution >= 4 is 12.2 Å². The Balaban J connectivity index is 2.10. The molecule has 2 aromatic rings. The fraction of sp³-hybridized carbons (Fsp3) is 0.133. The van der Waals surface area contributed by atoms with Crippen LogP contribution in [0.1, 0.15) is 11.3 Å². The molecule has 0 aliphatic heterocycles. The number of para-hydroxylation sites is 1. The fourth-order valence-corrected chi connectivity index (χ4v) is 1.66. The third-order valence-electron chi connectivity index (χ3n) is 2.52. The van der Waals surface area contributed by atoms with Crippen molar-refractivity contribution < 1.29 is 4.74 Å². The van der Waals surface area contributed by atoms with Gasteiger partial charge in [-0.1, -0.05) is 24.8 Å². The normalized spacial score (nSPS) is 10.5. The zero-order valence-electron chi connectivity index (χ0n) is 11.7. The molecule has 2 N–H and O–H groups in total. The van der Waals surface area contributed by atoms with Crippen LogP contribution in [0.2, 0.25) is 0 Å². The lowest BCUT2D eigenvalue weighted by Crippen LogP contribution is -2.10. The molecule has 1 aromatic carbocycles. The summed E-state index contributed by atoms with van der Waals surface area (Å²) in [6, 6.07) is 8.89. The van der Waals surface area contributed by atoms with Gasteiger partial charge in [0.1, 0.15) is 12.4 Å². The average molecular weight is 284 g/mol. The molecule has 0 aliphatic rings. The Kier molecular flexibility index (Phi) is 4.87. The van der Waals surface area contributed by atoms with E-state index in [1.165, 1.54) is 6.07 Å². The number of hydrazone groups is 1. The van der Waals surface area contributed by atoms with Gasteiger partial charge in [-0.2, -0.15) is 5.10 Å². The van der Waals surface area contributed by atoms with Crippen molar-refractivity contribution in [3.8, 4) is 5.75 Å². The zero-order chi connectivity index (χ0) is 15.1. The van der Waals surface area contributed by atoms with Gasteiger partial charge in [0.15, 0.2) is 0 Å². The standard InChI is InChI=1S/C15H16N4O2/c1-3-8-21-13-7-5-4-6-12(13)10-16-19-15-17-11(2)9-14(20)18-15/h3-7,9-10H,1,8H2,2H3,(H2,17,18,19,20)/b16-10-. The van der Waals surface area contributed by atoms with E-state index in [4.69, 9.17) is 4.74 Å². The molecule has 21 heavy (non-hydrogen) atoms. The molecule has 0 saturated heterocycles. The Bertz CT molecular complexity index is 707. The number of hydrogen-bond acceptors (Lipinski definition) is 5. The average Bonchev–Trinajstić information content (AvgIpc) is 2.45. The lowest BCUT2D eigenvalue weighted by molar-refractivity contribution is 0.363. The van der Waals surface area contributed by atoms with Gasteiger partial charge < -0.3 is 4.74 Å². The lowest BCUT2D eigenvalue weighted by Gasteiger charge is -2.06. The maximum absolute atomic E-state index is 11.3. The van der Waals surface area contributed by atoms with E-state index in [1.807, 2.05) is 24.3 Å². The summed E-state index contributed by atoms with van der Waals surface area (Å²) in [7, 11) is 0. The topological polar surface area (TPSA) is 79.4 Å². The molecule has 0 spiro atoms. The molecular formula is C15H16N4O2. The Hall–Kier alpha value is -2.89. The van der Waals surface area contributed by atoms with Crippen LogP contribution in [0.25, 0.3) is 0 Å². The molecule has 0 atom stereocenters. The molecule has 6 heteroatoms. The number of aromatic amines is 1. The summed E-state index contributed by atoms with van der Waals surface area (Å²) in [4.78, 5) is 18.0. The summed E-state index contributed by atoms with van der Waals surface area (Å²) in [6.07, 6.45) is 3.27. The van der Waals surface area contributed by atoms with Crippen molar-refractivity contribution in [2.45, 2.75) is 6.92 Å². The summed E-state index contributed by atoms with van der Waals surface area (Å²) < 4.78 is 5.52.